The van der Waals surface area contributed by atoms with Crippen LogP contribution in [0.4, 0.5) is 5.69 Å². The van der Waals surface area contributed by atoms with Crippen molar-refractivity contribution in [2.45, 2.75) is 19.8 Å². The molecule has 0 radical (unpaired) electrons. The van der Waals surface area contributed by atoms with E-state index in [2.05, 4.69) is 5.32 Å². The van der Waals surface area contributed by atoms with Crippen LogP contribution in [0.2, 0.25) is 0 Å². The third-order valence-electron chi connectivity index (χ3n) is 3.87. The number of carbonyl (C=O) groups excluding carboxylic acids is 2. The van der Waals surface area contributed by atoms with E-state index in [1.165, 1.54) is 31.4 Å². The Balaban J connectivity index is 2.64. The summed E-state index contributed by atoms with van der Waals surface area (Å²) < 4.78 is 4.82. The number of allylic oxidation sites excluding steroid dienone is 2. The lowest BCUT2D eigenvalue weighted by atomic mass is 9.80. The molecule has 1 atom stereocenters. The number of hydrogen-bond donors (Lipinski definition) is 2. The van der Waals surface area contributed by atoms with Gasteiger partial charge in [0, 0.05) is 29.1 Å². The number of methoxy groups -OCH3 is 1. The van der Waals surface area contributed by atoms with Crippen LogP contribution < -0.4 is 11.1 Å². The van der Waals surface area contributed by atoms with Crippen molar-refractivity contribution in [1.29, 1.82) is 0 Å². The van der Waals surface area contributed by atoms with E-state index in [9.17, 15) is 19.7 Å². The first-order chi connectivity index (χ1) is 11.3. The number of carbonyl (C=O) groups is 2. The van der Waals surface area contributed by atoms with Gasteiger partial charge in [0.05, 0.1) is 23.5 Å². The molecule has 1 aliphatic rings. The highest BCUT2D eigenvalue weighted by Gasteiger charge is 2.36. The second kappa shape index (κ2) is 6.53. The number of dihydropyridines is 1. The molecular weight excluding hydrogens is 314 g/mol. The number of nitro groups is 1. The molecule has 1 unspecified atom stereocenters. The lowest BCUT2D eigenvalue weighted by Gasteiger charge is -2.29. The van der Waals surface area contributed by atoms with Gasteiger partial charge >= 0.3 is 5.97 Å². The van der Waals surface area contributed by atoms with E-state index in [4.69, 9.17) is 10.5 Å². The van der Waals surface area contributed by atoms with E-state index in [0.29, 0.717) is 17.0 Å². The zero-order valence-corrected chi connectivity index (χ0v) is 13.5. The Labute approximate surface area is 138 Å². The Morgan fingerprint density at radius 2 is 1.71 bits per heavy atom. The molecule has 2 rings (SSSR count). The van der Waals surface area contributed by atoms with E-state index in [0.717, 1.165) is 0 Å². The second-order valence-corrected chi connectivity index (χ2v) is 5.34. The molecule has 0 fully saturated rings. The normalized spacial score (nSPS) is 17.4. The van der Waals surface area contributed by atoms with Crippen LogP contribution in [0.5, 0.6) is 0 Å². The molecule has 1 amide bonds. The van der Waals surface area contributed by atoms with Gasteiger partial charge in [0.2, 0.25) is 5.91 Å². The Morgan fingerprint density at radius 1 is 1.17 bits per heavy atom. The standard InChI is InChI=1S/C16H17N3O5/c1-8-12(15(17)20)14(13(9(2)18-8)16(21)24-3)10-4-6-11(7-5-10)19(22)23/h4-7,14,18H,1-3H3,(H2,17,20). The third-order valence-corrected chi connectivity index (χ3v) is 3.87. The van der Waals surface area contributed by atoms with E-state index < -0.39 is 22.7 Å². The molecule has 0 saturated heterocycles. The second-order valence-electron chi connectivity index (χ2n) is 5.34. The van der Waals surface area contributed by atoms with Gasteiger partial charge in [-0.3, -0.25) is 14.9 Å². The average Bonchev–Trinajstić information content (AvgIpc) is 2.53. The summed E-state index contributed by atoms with van der Waals surface area (Å²) in [6.45, 7) is 3.36. The number of ether oxygens (including phenoxy) is 1. The fourth-order valence-electron chi connectivity index (χ4n) is 2.82. The van der Waals surface area contributed by atoms with Crippen LogP contribution in [-0.2, 0) is 14.3 Å². The highest BCUT2D eigenvalue weighted by molar-refractivity contribution is 6.01. The highest BCUT2D eigenvalue weighted by Crippen LogP contribution is 2.38. The molecule has 1 aromatic rings. The van der Waals surface area contributed by atoms with Crippen LogP contribution in [0.25, 0.3) is 0 Å². The summed E-state index contributed by atoms with van der Waals surface area (Å²) in [5.74, 6) is -2.04. The molecule has 1 heterocycles. The minimum atomic E-state index is -0.753. The zero-order valence-electron chi connectivity index (χ0n) is 13.5. The Morgan fingerprint density at radius 3 is 2.17 bits per heavy atom. The number of nitrogens with zero attached hydrogens (tertiary/aromatic N) is 1. The van der Waals surface area contributed by atoms with Gasteiger partial charge in [-0.2, -0.15) is 0 Å². The molecule has 1 aliphatic heterocycles. The monoisotopic (exact) mass is 331 g/mol. The van der Waals surface area contributed by atoms with Crippen LogP contribution in [0, 0.1) is 10.1 Å². The van der Waals surface area contributed by atoms with Crippen LogP contribution >= 0.6 is 0 Å². The number of nitrogens with two attached hydrogens (primary N) is 1. The predicted molar refractivity (Wildman–Crippen MR) is 85.6 cm³/mol. The zero-order chi connectivity index (χ0) is 18.0. The van der Waals surface area contributed by atoms with E-state index in [1.807, 2.05) is 0 Å². The van der Waals surface area contributed by atoms with Crippen molar-refractivity contribution < 1.29 is 19.2 Å². The summed E-state index contributed by atoms with van der Waals surface area (Å²) in [7, 11) is 1.24. The fraction of sp³-hybridized carbons (Fsp3) is 0.250. The van der Waals surface area contributed by atoms with Gasteiger partial charge in [-0.1, -0.05) is 12.1 Å². The molecule has 3 N–H and O–H groups in total. The topological polar surface area (TPSA) is 125 Å². The summed E-state index contributed by atoms with van der Waals surface area (Å²) in [5.41, 5.74) is 7.46. The SMILES string of the molecule is COC(=O)C1=C(C)NC(C)=C(C(N)=O)C1c1ccc([N+](=O)[O-])cc1. The summed E-state index contributed by atoms with van der Waals surface area (Å²) in [6.07, 6.45) is 0. The maximum Gasteiger partial charge on any atom is 0.336 e. The largest absolute Gasteiger partial charge is 0.466 e. The number of benzene rings is 1. The maximum atomic E-state index is 12.2. The van der Waals surface area contributed by atoms with Crippen molar-refractivity contribution in [3.63, 3.8) is 0 Å². The third kappa shape index (κ3) is 2.98. The number of rotatable bonds is 4. The molecule has 0 aromatic heterocycles. The van der Waals surface area contributed by atoms with Crippen molar-refractivity contribution in [1.82, 2.24) is 5.32 Å². The van der Waals surface area contributed by atoms with Gasteiger partial charge in [0.25, 0.3) is 5.69 Å². The minimum absolute atomic E-state index is 0.0886. The Bertz CT molecular complexity index is 777. The van der Waals surface area contributed by atoms with Crippen molar-refractivity contribution in [3.05, 3.63) is 62.5 Å². The first-order valence-electron chi connectivity index (χ1n) is 7.09. The molecule has 0 saturated carbocycles. The maximum absolute atomic E-state index is 12.2. The molecule has 1 aromatic carbocycles. The number of non-ortho nitro benzene ring substituents is 1. The molecule has 0 aliphatic carbocycles. The Hall–Kier alpha value is -3.16. The van der Waals surface area contributed by atoms with E-state index in [1.54, 1.807) is 13.8 Å². The van der Waals surface area contributed by atoms with Crippen molar-refractivity contribution in [2.24, 2.45) is 5.73 Å². The van der Waals surface area contributed by atoms with Gasteiger partial charge in [-0.15, -0.1) is 0 Å². The summed E-state index contributed by atoms with van der Waals surface area (Å²) in [6, 6.07) is 5.63. The van der Waals surface area contributed by atoms with Crippen molar-refractivity contribution in [3.8, 4) is 0 Å². The number of nitrogens with one attached hydrogen (secondary N) is 1. The van der Waals surface area contributed by atoms with Crippen molar-refractivity contribution in [2.75, 3.05) is 7.11 Å². The number of amides is 1. The summed E-state index contributed by atoms with van der Waals surface area (Å²) in [5, 5.41) is 13.8. The first-order valence-corrected chi connectivity index (χ1v) is 7.09. The Kier molecular flexibility index (Phi) is 4.68. The summed E-state index contributed by atoms with van der Waals surface area (Å²) in [4.78, 5) is 34.4. The van der Waals surface area contributed by atoms with Gasteiger partial charge in [0.1, 0.15) is 0 Å². The molecule has 8 nitrogen and oxygen atoms in total. The predicted octanol–water partition coefficient (Wildman–Crippen LogP) is 1.49. The van der Waals surface area contributed by atoms with E-state index in [-0.39, 0.29) is 16.8 Å². The first kappa shape index (κ1) is 17.2. The highest BCUT2D eigenvalue weighted by atomic mass is 16.6. The van der Waals surface area contributed by atoms with Gasteiger partial charge in [0.15, 0.2) is 0 Å². The average molecular weight is 331 g/mol. The molecule has 126 valence electrons. The molecule has 24 heavy (non-hydrogen) atoms. The number of nitro benzene ring substituents is 1. The number of hydrogen-bond acceptors (Lipinski definition) is 6. The van der Waals surface area contributed by atoms with Gasteiger partial charge in [-0.25, -0.2) is 4.79 Å². The lowest BCUT2D eigenvalue weighted by molar-refractivity contribution is -0.384. The molecular formula is C16H17N3O5. The van der Waals surface area contributed by atoms with Crippen LogP contribution in [0.15, 0.2) is 46.8 Å². The van der Waals surface area contributed by atoms with E-state index >= 15 is 0 Å². The van der Waals surface area contributed by atoms with Crippen molar-refractivity contribution >= 4 is 17.6 Å². The molecule has 0 bridgehead atoms. The lowest BCUT2D eigenvalue weighted by Crippen LogP contribution is -2.33. The van der Waals surface area contributed by atoms with Crippen LogP contribution in [-0.4, -0.2) is 23.9 Å². The quantitative estimate of drug-likeness (QED) is 0.489. The van der Waals surface area contributed by atoms with Crippen LogP contribution in [0.3, 0.4) is 0 Å². The molecule has 8 heteroatoms. The summed E-state index contributed by atoms with van der Waals surface area (Å²) >= 11 is 0. The smallest absolute Gasteiger partial charge is 0.336 e. The number of esters is 1. The minimum Gasteiger partial charge on any atom is -0.466 e. The molecule has 0 spiro atoms. The number of primary amides is 1. The van der Waals surface area contributed by atoms with Gasteiger partial charge < -0.3 is 15.8 Å². The van der Waals surface area contributed by atoms with Gasteiger partial charge in [-0.05, 0) is 19.4 Å². The fourth-order valence-corrected chi connectivity index (χ4v) is 2.82. The van der Waals surface area contributed by atoms with Crippen LogP contribution in [0.1, 0.15) is 25.3 Å².